The second kappa shape index (κ2) is 5.69. The molecule has 1 unspecified atom stereocenters. The summed E-state index contributed by atoms with van der Waals surface area (Å²) in [6.07, 6.45) is 2.61. The molecule has 18 heavy (non-hydrogen) atoms. The van der Waals surface area contributed by atoms with E-state index in [1.165, 1.54) is 0 Å². The number of benzene rings is 1. The lowest BCUT2D eigenvalue weighted by Crippen LogP contribution is -2.18. The van der Waals surface area contributed by atoms with Crippen LogP contribution < -0.4 is 5.73 Å². The molecule has 0 fully saturated rings. The molecule has 1 atom stereocenters. The summed E-state index contributed by atoms with van der Waals surface area (Å²) in [6, 6.07) is 4.92. The van der Waals surface area contributed by atoms with E-state index in [2.05, 4.69) is 17.2 Å². The predicted octanol–water partition coefficient (Wildman–Crippen LogP) is 3.04. The third-order valence-electron chi connectivity index (χ3n) is 2.71. The van der Waals surface area contributed by atoms with E-state index in [0.717, 1.165) is 18.7 Å². The number of aromatic nitrogens is 3. The lowest BCUT2D eigenvalue weighted by atomic mass is 10.0. The van der Waals surface area contributed by atoms with E-state index < -0.39 is 6.04 Å². The zero-order chi connectivity index (χ0) is 13.1. The number of nitrogens with zero attached hydrogens (tertiary/aromatic N) is 3. The van der Waals surface area contributed by atoms with Gasteiger partial charge in [0.15, 0.2) is 0 Å². The monoisotopic (exact) mass is 284 g/mol. The van der Waals surface area contributed by atoms with Gasteiger partial charge in [0.05, 0.1) is 17.9 Å². The average Bonchev–Trinajstić information content (AvgIpc) is 2.77. The molecule has 0 aliphatic heterocycles. The highest BCUT2D eigenvalue weighted by Crippen LogP contribution is 2.32. The number of halogens is 2. The fourth-order valence-corrected chi connectivity index (χ4v) is 2.48. The number of nitrogens with two attached hydrogens (primary N) is 1. The fraction of sp³-hybridized carbons (Fsp3) is 0.333. The van der Waals surface area contributed by atoms with Crippen molar-refractivity contribution in [2.75, 3.05) is 0 Å². The topological polar surface area (TPSA) is 56.7 Å². The highest BCUT2D eigenvalue weighted by atomic mass is 35.5. The molecule has 0 saturated carbocycles. The van der Waals surface area contributed by atoms with Crippen molar-refractivity contribution in [2.45, 2.75) is 25.9 Å². The lowest BCUT2D eigenvalue weighted by Gasteiger charge is -2.16. The zero-order valence-corrected chi connectivity index (χ0v) is 11.5. The molecule has 0 amide bonds. The van der Waals surface area contributed by atoms with Crippen LogP contribution in [-0.4, -0.2) is 15.0 Å². The molecule has 0 aliphatic rings. The fourth-order valence-electron chi connectivity index (χ4n) is 1.85. The van der Waals surface area contributed by atoms with E-state index in [4.69, 9.17) is 28.9 Å². The zero-order valence-electron chi connectivity index (χ0n) is 9.98. The summed E-state index contributed by atoms with van der Waals surface area (Å²) >= 11 is 12.3. The Bertz CT molecular complexity index is 518. The van der Waals surface area contributed by atoms with Crippen LogP contribution in [0.2, 0.25) is 10.0 Å². The number of rotatable bonds is 4. The van der Waals surface area contributed by atoms with Crippen LogP contribution in [-0.2, 0) is 6.54 Å². The van der Waals surface area contributed by atoms with Gasteiger partial charge in [0.2, 0.25) is 0 Å². The Morgan fingerprint density at radius 3 is 2.61 bits per heavy atom. The molecule has 1 aromatic heterocycles. The van der Waals surface area contributed by atoms with Gasteiger partial charge in [-0.3, -0.25) is 0 Å². The molecule has 96 valence electrons. The molecule has 0 bridgehead atoms. The number of hydrogen-bond acceptors (Lipinski definition) is 3. The Balaban J connectivity index is 2.41. The van der Waals surface area contributed by atoms with Gasteiger partial charge in [0.25, 0.3) is 0 Å². The Labute approximate surface area is 116 Å². The Hall–Kier alpha value is -1.10. The van der Waals surface area contributed by atoms with Crippen molar-refractivity contribution in [3.05, 3.63) is 45.7 Å². The van der Waals surface area contributed by atoms with Crippen molar-refractivity contribution in [3.63, 3.8) is 0 Å². The van der Waals surface area contributed by atoms with E-state index in [-0.39, 0.29) is 0 Å². The summed E-state index contributed by atoms with van der Waals surface area (Å²) in [6.45, 7) is 2.84. The van der Waals surface area contributed by atoms with Gasteiger partial charge in [-0.2, -0.15) is 0 Å². The first kappa shape index (κ1) is 13.3. The molecule has 0 radical (unpaired) electrons. The first-order valence-electron chi connectivity index (χ1n) is 5.73. The molecule has 6 heteroatoms. The van der Waals surface area contributed by atoms with Crippen LogP contribution in [0.15, 0.2) is 24.4 Å². The first-order valence-corrected chi connectivity index (χ1v) is 6.48. The van der Waals surface area contributed by atoms with Crippen molar-refractivity contribution >= 4 is 23.2 Å². The van der Waals surface area contributed by atoms with Crippen molar-refractivity contribution in [1.82, 2.24) is 15.0 Å². The van der Waals surface area contributed by atoms with Crippen LogP contribution in [0.1, 0.15) is 30.6 Å². The molecule has 2 rings (SSSR count). The molecule has 4 nitrogen and oxygen atoms in total. The van der Waals surface area contributed by atoms with Crippen LogP contribution in [0.4, 0.5) is 0 Å². The molecule has 2 N–H and O–H groups in total. The molecule has 0 saturated heterocycles. The van der Waals surface area contributed by atoms with Gasteiger partial charge < -0.3 is 5.73 Å². The van der Waals surface area contributed by atoms with Gasteiger partial charge in [0, 0.05) is 22.2 Å². The Morgan fingerprint density at radius 2 is 2.00 bits per heavy atom. The average molecular weight is 285 g/mol. The minimum absolute atomic E-state index is 0.423. The summed E-state index contributed by atoms with van der Waals surface area (Å²) in [5, 5.41) is 9.02. The molecule has 2 aromatic rings. The minimum atomic E-state index is -0.423. The maximum atomic E-state index is 6.22. The second-order valence-corrected chi connectivity index (χ2v) is 4.81. The van der Waals surface area contributed by atoms with Crippen LogP contribution >= 0.6 is 23.2 Å². The predicted molar refractivity (Wildman–Crippen MR) is 72.8 cm³/mol. The van der Waals surface area contributed by atoms with Gasteiger partial charge in [-0.1, -0.05) is 41.4 Å². The van der Waals surface area contributed by atoms with E-state index in [0.29, 0.717) is 15.6 Å². The highest BCUT2D eigenvalue weighted by molar-refractivity contribution is 6.36. The number of aryl methyl sites for hydroxylation is 1. The highest BCUT2D eigenvalue weighted by Gasteiger charge is 2.19. The standard InChI is InChI=1S/C12H14Cl2N4/c1-2-6-18-10(7-16-17-18)12(15)11-8(13)4-3-5-9(11)14/h3-5,7,12H,2,6,15H2,1H3. The third-order valence-corrected chi connectivity index (χ3v) is 3.37. The quantitative estimate of drug-likeness (QED) is 0.939. The van der Waals surface area contributed by atoms with E-state index in [9.17, 15) is 0 Å². The first-order chi connectivity index (χ1) is 8.65. The number of hydrogen-bond donors (Lipinski definition) is 1. The molecular weight excluding hydrogens is 271 g/mol. The summed E-state index contributed by atoms with van der Waals surface area (Å²) in [5.74, 6) is 0. The summed E-state index contributed by atoms with van der Waals surface area (Å²) in [7, 11) is 0. The van der Waals surface area contributed by atoms with Crippen LogP contribution in [0.25, 0.3) is 0 Å². The molecule has 1 heterocycles. The maximum absolute atomic E-state index is 6.22. The van der Waals surface area contributed by atoms with Gasteiger partial charge in [-0.25, -0.2) is 4.68 Å². The van der Waals surface area contributed by atoms with Crippen LogP contribution in [0, 0.1) is 0 Å². The lowest BCUT2D eigenvalue weighted by molar-refractivity contribution is 0.543. The molecule has 1 aromatic carbocycles. The minimum Gasteiger partial charge on any atom is -0.319 e. The van der Waals surface area contributed by atoms with E-state index in [1.807, 2.05) is 0 Å². The summed E-state index contributed by atoms with van der Waals surface area (Å²) in [4.78, 5) is 0. The van der Waals surface area contributed by atoms with Crippen molar-refractivity contribution < 1.29 is 0 Å². The largest absolute Gasteiger partial charge is 0.319 e. The van der Waals surface area contributed by atoms with Gasteiger partial charge >= 0.3 is 0 Å². The Morgan fingerprint density at radius 1 is 1.33 bits per heavy atom. The SMILES string of the molecule is CCCn1nncc1C(N)c1c(Cl)cccc1Cl. The van der Waals surface area contributed by atoms with Crippen molar-refractivity contribution in [1.29, 1.82) is 0 Å². The van der Waals surface area contributed by atoms with E-state index >= 15 is 0 Å². The summed E-state index contributed by atoms with van der Waals surface area (Å²) < 4.78 is 1.78. The maximum Gasteiger partial charge on any atom is 0.0800 e. The third kappa shape index (κ3) is 2.51. The Kier molecular flexibility index (Phi) is 4.22. The molecular formula is C12H14Cl2N4. The van der Waals surface area contributed by atoms with E-state index in [1.54, 1.807) is 29.1 Å². The van der Waals surface area contributed by atoms with Gasteiger partial charge in [-0.05, 0) is 18.6 Å². The van der Waals surface area contributed by atoms with Crippen LogP contribution in [0.3, 0.4) is 0 Å². The normalized spacial score (nSPS) is 12.7. The van der Waals surface area contributed by atoms with Crippen molar-refractivity contribution in [3.8, 4) is 0 Å². The summed E-state index contributed by atoms with van der Waals surface area (Å²) in [5.41, 5.74) is 7.74. The molecule has 0 spiro atoms. The van der Waals surface area contributed by atoms with Crippen molar-refractivity contribution in [2.24, 2.45) is 5.73 Å². The molecule has 0 aliphatic carbocycles. The van der Waals surface area contributed by atoms with Crippen LogP contribution in [0.5, 0.6) is 0 Å². The van der Waals surface area contributed by atoms with Gasteiger partial charge in [-0.15, -0.1) is 5.10 Å². The smallest absolute Gasteiger partial charge is 0.0800 e. The van der Waals surface area contributed by atoms with Gasteiger partial charge in [0.1, 0.15) is 0 Å². The second-order valence-electron chi connectivity index (χ2n) is 4.00.